The van der Waals surface area contributed by atoms with Crippen LogP contribution in [-0.4, -0.2) is 38.9 Å². The van der Waals surface area contributed by atoms with Gasteiger partial charge in [0.25, 0.3) is 0 Å². The average molecular weight is 270 g/mol. The van der Waals surface area contributed by atoms with Crippen LogP contribution in [0.1, 0.15) is 53.4 Å². The fourth-order valence-electron chi connectivity index (χ4n) is 4.52. The Morgan fingerprint density at radius 3 is 2.21 bits per heavy atom. The maximum atomic E-state index is 12.5. The molecule has 0 spiro atoms. The Kier molecular flexibility index (Phi) is 3.17. The Balaban J connectivity index is 2.60. The molecule has 0 aliphatic heterocycles. The standard InChI is InChI=1S/C15H26O4/c1-12(2)6-5-11(17)14(4)10(9-16)13(3,18)7-8-15(12,14)19/h10,16,18-19H,5-9H2,1-4H3/t10?,13-,14+,15-/m1/s1. The number of Topliss-reactive ketones (excluding diaryl/α,β-unsaturated/α-hetero) is 1. The Morgan fingerprint density at radius 1 is 1.11 bits per heavy atom. The van der Waals surface area contributed by atoms with E-state index in [-0.39, 0.29) is 17.8 Å². The van der Waals surface area contributed by atoms with E-state index in [2.05, 4.69) is 0 Å². The van der Waals surface area contributed by atoms with Crippen LogP contribution in [-0.2, 0) is 4.79 Å². The van der Waals surface area contributed by atoms with Crippen LogP contribution in [0.2, 0.25) is 0 Å². The summed E-state index contributed by atoms with van der Waals surface area (Å²) in [6, 6.07) is 0. The van der Waals surface area contributed by atoms with E-state index in [1.807, 2.05) is 13.8 Å². The molecule has 4 atom stereocenters. The average Bonchev–Trinajstić information content (AvgIpc) is 2.30. The predicted octanol–water partition coefficient (Wildman–Crippen LogP) is 1.27. The number of aliphatic hydroxyl groups is 3. The molecule has 0 aromatic carbocycles. The van der Waals surface area contributed by atoms with E-state index in [1.54, 1.807) is 13.8 Å². The number of ketones is 1. The lowest BCUT2D eigenvalue weighted by molar-refractivity contribution is -0.256. The van der Waals surface area contributed by atoms with E-state index in [9.17, 15) is 20.1 Å². The van der Waals surface area contributed by atoms with Crippen LogP contribution in [0.4, 0.5) is 0 Å². The van der Waals surface area contributed by atoms with Crippen LogP contribution in [0.5, 0.6) is 0 Å². The van der Waals surface area contributed by atoms with Gasteiger partial charge in [-0.05, 0) is 38.5 Å². The van der Waals surface area contributed by atoms with Gasteiger partial charge in [-0.2, -0.15) is 0 Å². The molecule has 0 saturated heterocycles. The molecule has 4 nitrogen and oxygen atoms in total. The van der Waals surface area contributed by atoms with Gasteiger partial charge >= 0.3 is 0 Å². The van der Waals surface area contributed by atoms with E-state index in [0.717, 1.165) is 0 Å². The van der Waals surface area contributed by atoms with Crippen molar-refractivity contribution in [1.82, 2.24) is 0 Å². The molecule has 19 heavy (non-hydrogen) atoms. The Labute approximate surface area is 114 Å². The molecule has 0 bridgehead atoms. The number of aliphatic hydroxyl groups excluding tert-OH is 1. The molecule has 2 fully saturated rings. The highest BCUT2D eigenvalue weighted by molar-refractivity contribution is 5.88. The van der Waals surface area contributed by atoms with E-state index in [0.29, 0.717) is 25.7 Å². The van der Waals surface area contributed by atoms with Crippen molar-refractivity contribution in [3.05, 3.63) is 0 Å². The van der Waals surface area contributed by atoms with Crippen LogP contribution in [0.3, 0.4) is 0 Å². The summed E-state index contributed by atoms with van der Waals surface area (Å²) < 4.78 is 0. The summed E-state index contributed by atoms with van der Waals surface area (Å²) in [7, 11) is 0. The highest BCUT2D eigenvalue weighted by Gasteiger charge is 2.69. The molecule has 4 heteroatoms. The molecule has 2 saturated carbocycles. The van der Waals surface area contributed by atoms with Gasteiger partial charge in [-0.3, -0.25) is 4.79 Å². The highest BCUT2D eigenvalue weighted by Crippen LogP contribution is 2.62. The van der Waals surface area contributed by atoms with Crippen molar-refractivity contribution in [2.45, 2.75) is 64.6 Å². The zero-order valence-corrected chi connectivity index (χ0v) is 12.4. The summed E-state index contributed by atoms with van der Waals surface area (Å²) in [5.41, 5.74) is -3.74. The van der Waals surface area contributed by atoms with Gasteiger partial charge in [0.1, 0.15) is 5.78 Å². The molecule has 2 rings (SSSR count). The lowest BCUT2D eigenvalue weighted by atomic mass is 9.43. The maximum Gasteiger partial charge on any atom is 0.142 e. The summed E-state index contributed by atoms with van der Waals surface area (Å²) in [6.45, 7) is 7.06. The predicted molar refractivity (Wildman–Crippen MR) is 71.5 cm³/mol. The minimum Gasteiger partial charge on any atom is -0.396 e. The summed E-state index contributed by atoms with van der Waals surface area (Å²) in [5.74, 6) is -0.654. The van der Waals surface area contributed by atoms with Crippen molar-refractivity contribution in [3.8, 4) is 0 Å². The molecule has 3 N–H and O–H groups in total. The first-order valence-corrected chi connectivity index (χ1v) is 7.12. The van der Waals surface area contributed by atoms with Crippen molar-refractivity contribution in [2.75, 3.05) is 6.61 Å². The minimum absolute atomic E-state index is 0.0339. The second kappa shape index (κ2) is 4.03. The SMILES string of the molecule is CC1(C)CCC(=O)[C@]2(C)C(CO)[C@](C)(O)CC[C@@]12O. The van der Waals surface area contributed by atoms with Crippen molar-refractivity contribution in [2.24, 2.45) is 16.7 Å². The van der Waals surface area contributed by atoms with Crippen LogP contribution >= 0.6 is 0 Å². The third-order valence-electron chi connectivity index (χ3n) is 6.16. The number of carbonyl (C=O) groups excluding carboxylic acids is 1. The second-order valence-electron chi connectivity index (χ2n) is 7.46. The van der Waals surface area contributed by atoms with Gasteiger partial charge in [0.2, 0.25) is 0 Å². The summed E-state index contributed by atoms with van der Waals surface area (Å²) in [4.78, 5) is 12.5. The quantitative estimate of drug-likeness (QED) is 0.670. The van der Waals surface area contributed by atoms with Gasteiger partial charge in [0.05, 0.1) is 16.6 Å². The summed E-state index contributed by atoms with van der Waals surface area (Å²) in [6.07, 6.45) is 1.85. The molecular formula is C15H26O4. The van der Waals surface area contributed by atoms with Gasteiger partial charge in [0, 0.05) is 18.9 Å². The molecule has 1 unspecified atom stereocenters. The maximum absolute atomic E-state index is 12.5. The Hall–Kier alpha value is -0.450. The zero-order chi connectivity index (χ0) is 14.7. The summed E-state index contributed by atoms with van der Waals surface area (Å²) in [5, 5.41) is 31.5. The first kappa shape index (κ1) is 14.9. The number of carbonyl (C=O) groups is 1. The number of rotatable bonds is 1. The van der Waals surface area contributed by atoms with Crippen LogP contribution in [0.15, 0.2) is 0 Å². The molecule has 0 aromatic heterocycles. The zero-order valence-electron chi connectivity index (χ0n) is 12.4. The van der Waals surface area contributed by atoms with Crippen LogP contribution < -0.4 is 0 Å². The van der Waals surface area contributed by atoms with E-state index in [4.69, 9.17) is 0 Å². The third kappa shape index (κ3) is 1.66. The lowest BCUT2D eigenvalue weighted by Crippen LogP contribution is -2.72. The first-order chi connectivity index (χ1) is 8.53. The van der Waals surface area contributed by atoms with Crippen LogP contribution in [0.25, 0.3) is 0 Å². The molecule has 0 radical (unpaired) electrons. The van der Waals surface area contributed by atoms with Crippen molar-refractivity contribution in [3.63, 3.8) is 0 Å². The molecular weight excluding hydrogens is 244 g/mol. The van der Waals surface area contributed by atoms with Gasteiger partial charge in [0.15, 0.2) is 0 Å². The van der Waals surface area contributed by atoms with Gasteiger partial charge < -0.3 is 15.3 Å². The Morgan fingerprint density at radius 2 is 1.68 bits per heavy atom. The van der Waals surface area contributed by atoms with E-state index < -0.39 is 22.5 Å². The molecule has 0 heterocycles. The van der Waals surface area contributed by atoms with Crippen LogP contribution in [0, 0.1) is 16.7 Å². The highest BCUT2D eigenvalue weighted by atomic mass is 16.3. The number of fused-ring (bicyclic) bond motifs is 1. The molecule has 2 aliphatic rings. The van der Waals surface area contributed by atoms with Gasteiger partial charge in [-0.25, -0.2) is 0 Å². The monoisotopic (exact) mass is 270 g/mol. The van der Waals surface area contributed by atoms with Gasteiger partial charge in [-0.15, -0.1) is 0 Å². The molecule has 2 aliphatic carbocycles. The fourth-order valence-corrected chi connectivity index (χ4v) is 4.52. The third-order valence-corrected chi connectivity index (χ3v) is 6.16. The van der Waals surface area contributed by atoms with E-state index >= 15 is 0 Å². The molecule has 0 amide bonds. The van der Waals surface area contributed by atoms with Crippen molar-refractivity contribution >= 4 is 5.78 Å². The lowest BCUT2D eigenvalue weighted by Gasteiger charge is -2.64. The number of hydrogen-bond donors (Lipinski definition) is 3. The number of hydrogen-bond acceptors (Lipinski definition) is 4. The first-order valence-electron chi connectivity index (χ1n) is 7.12. The molecule has 110 valence electrons. The fraction of sp³-hybridized carbons (Fsp3) is 0.933. The largest absolute Gasteiger partial charge is 0.396 e. The minimum atomic E-state index is -1.16. The van der Waals surface area contributed by atoms with E-state index in [1.165, 1.54) is 0 Å². The van der Waals surface area contributed by atoms with Crippen molar-refractivity contribution < 1.29 is 20.1 Å². The topological polar surface area (TPSA) is 77.8 Å². The Bertz CT molecular complexity index is 401. The van der Waals surface area contributed by atoms with Gasteiger partial charge in [-0.1, -0.05) is 13.8 Å². The second-order valence-corrected chi connectivity index (χ2v) is 7.46. The summed E-state index contributed by atoms with van der Waals surface area (Å²) >= 11 is 0. The smallest absolute Gasteiger partial charge is 0.142 e. The molecule has 0 aromatic rings. The normalized spacial score (nSPS) is 49.8. The van der Waals surface area contributed by atoms with Crippen molar-refractivity contribution in [1.29, 1.82) is 0 Å².